The minimum atomic E-state index is -0.274. The molecule has 2 nitrogen and oxygen atoms in total. The fourth-order valence-corrected chi connectivity index (χ4v) is 2.16. The highest BCUT2D eigenvalue weighted by Crippen LogP contribution is 2.17. The van der Waals surface area contributed by atoms with Crippen LogP contribution in [0.2, 0.25) is 0 Å². The van der Waals surface area contributed by atoms with Crippen molar-refractivity contribution in [3.05, 3.63) is 66.5 Å². The Labute approximate surface area is 116 Å². The van der Waals surface area contributed by atoms with Crippen LogP contribution in [0.4, 0.5) is 8.78 Å². The van der Waals surface area contributed by atoms with Gasteiger partial charge in [0.05, 0.1) is 12.0 Å². The SMILES string of the molecule is Bc1c(-c2ccc(F)cc2)ncn1-c1ccc(F)cc1. The lowest BCUT2D eigenvalue weighted by Gasteiger charge is -2.06. The third-order valence-electron chi connectivity index (χ3n) is 3.23. The van der Waals surface area contributed by atoms with Crippen molar-refractivity contribution >= 4 is 13.4 Å². The molecule has 2 aromatic carbocycles. The van der Waals surface area contributed by atoms with Crippen molar-refractivity contribution < 1.29 is 8.78 Å². The number of hydrogen-bond acceptors (Lipinski definition) is 1. The van der Waals surface area contributed by atoms with Crippen molar-refractivity contribution in [3.8, 4) is 16.9 Å². The number of rotatable bonds is 2. The Hall–Kier alpha value is -2.43. The molecule has 0 spiro atoms. The highest BCUT2D eigenvalue weighted by Gasteiger charge is 2.10. The molecule has 0 N–H and O–H groups in total. The maximum Gasteiger partial charge on any atom is 0.164 e. The van der Waals surface area contributed by atoms with Crippen LogP contribution in [0.1, 0.15) is 0 Å². The number of aromatic nitrogens is 2. The van der Waals surface area contributed by atoms with Crippen molar-refractivity contribution in [2.24, 2.45) is 0 Å². The van der Waals surface area contributed by atoms with Gasteiger partial charge in [0, 0.05) is 16.8 Å². The number of nitrogens with zero attached hydrogens (tertiary/aromatic N) is 2. The summed E-state index contributed by atoms with van der Waals surface area (Å²) in [6.45, 7) is 0. The Balaban J connectivity index is 2.04. The molecule has 20 heavy (non-hydrogen) atoms. The van der Waals surface area contributed by atoms with Gasteiger partial charge in [-0.05, 0) is 48.5 Å². The third kappa shape index (κ3) is 2.22. The van der Waals surface area contributed by atoms with E-state index in [4.69, 9.17) is 0 Å². The van der Waals surface area contributed by atoms with Gasteiger partial charge in [0.1, 0.15) is 11.6 Å². The molecule has 1 heterocycles. The van der Waals surface area contributed by atoms with Crippen LogP contribution in [-0.4, -0.2) is 17.4 Å². The van der Waals surface area contributed by atoms with Gasteiger partial charge in [-0.2, -0.15) is 0 Å². The van der Waals surface area contributed by atoms with Gasteiger partial charge in [-0.1, -0.05) is 0 Å². The lowest BCUT2D eigenvalue weighted by Crippen LogP contribution is -2.16. The number of benzene rings is 2. The molecule has 0 radical (unpaired) electrons. The summed E-state index contributed by atoms with van der Waals surface area (Å²) in [6, 6.07) is 12.4. The smallest absolute Gasteiger partial charge is 0.164 e. The molecule has 3 aromatic rings. The topological polar surface area (TPSA) is 17.8 Å². The van der Waals surface area contributed by atoms with E-state index < -0.39 is 0 Å². The summed E-state index contributed by atoms with van der Waals surface area (Å²) in [6.07, 6.45) is 1.68. The molecule has 0 aliphatic heterocycles. The van der Waals surface area contributed by atoms with Gasteiger partial charge in [-0.15, -0.1) is 0 Å². The maximum atomic E-state index is 13.0. The van der Waals surface area contributed by atoms with Crippen LogP contribution in [0, 0.1) is 11.6 Å². The van der Waals surface area contributed by atoms with E-state index in [0.29, 0.717) is 0 Å². The summed E-state index contributed by atoms with van der Waals surface area (Å²) in [7, 11) is 1.93. The lowest BCUT2D eigenvalue weighted by atomic mass is 9.97. The van der Waals surface area contributed by atoms with E-state index in [1.165, 1.54) is 24.3 Å². The summed E-state index contributed by atoms with van der Waals surface area (Å²) in [5.74, 6) is -0.547. The normalized spacial score (nSPS) is 10.7. The molecule has 0 amide bonds. The molecule has 0 aliphatic carbocycles. The van der Waals surface area contributed by atoms with E-state index in [1.54, 1.807) is 30.6 Å². The van der Waals surface area contributed by atoms with E-state index in [-0.39, 0.29) is 11.6 Å². The van der Waals surface area contributed by atoms with Gasteiger partial charge in [0.2, 0.25) is 0 Å². The summed E-state index contributed by atoms with van der Waals surface area (Å²) in [5, 5.41) is 0. The van der Waals surface area contributed by atoms with Gasteiger partial charge < -0.3 is 4.57 Å². The van der Waals surface area contributed by atoms with E-state index in [0.717, 1.165) is 22.5 Å². The Morgan fingerprint density at radius 1 is 0.850 bits per heavy atom. The van der Waals surface area contributed by atoms with Crippen molar-refractivity contribution in [1.82, 2.24) is 9.55 Å². The first-order valence-corrected chi connectivity index (χ1v) is 6.21. The van der Waals surface area contributed by atoms with Crippen molar-refractivity contribution in [2.75, 3.05) is 0 Å². The van der Waals surface area contributed by atoms with Gasteiger partial charge in [0.15, 0.2) is 7.85 Å². The van der Waals surface area contributed by atoms with Gasteiger partial charge in [-0.3, -0.25) is 0 Å². The number of imidazole rings is 1. The lowest BCUT2D eigenvalue weighted by molar-refractivity contribution is 0.627. The molecule has 3 rings (SSSR count). The molecule has 0 saturated carbocycles. The first-order chi connectivity index (χ1) is 9.65. The van der Waals surface area contributed by atoms with Crippen LogP contribution in [0.15, 0.2) is 54.9 Å². The molecular weight excluding hydrogens is 257 g/mol. The molecule has 1 aromatic heterocycles. The van der Waals surface area contributed by atoms with E-state index >= 15 is 0 Å². The average molecular weight is 268 g/mol. The van der Waals surface area contributed by atoms with Crippen LogP contribution in [0.25, 0.3) is 16.9 Å². The predicted octanol–water partition coefficient (Wildman–Crippen LogP) is 2.08. The molecule has 0 fully saturated rings. The zero-order valence-corrected chi connectivity index (χ0v) is 10.8. The highest BCUT2D eigenvalue weighted by atomic mass is 19.1. The number of halogens is 2. The monoisotopic (exact) mass is 268 g/mol. The molecule has 5 heteroatoms. The Morgan fingerprint density at radius 2 is 1.40 bits per heavy atom. The quantitative estimate of drug-likeness (QED) is 0.651. The Kier molecular flexibility index (Phi) is 3.10. The standard InChI is InChI=1S/C15H11BF2N2/c16-15-14(10-1-3-11(17)4-2-10)19-9-20(15)13-7-5-12(18)6-8-13/h1-9H,16H2. The first kappa shape index (κ1) is 12.6. The third-order valence-corrected chi connectivity index (χ3v) is 3.23. The second-order valence-electron chi connectivity index (χ2n) is 4.53. The fourth-order valence-electron chi connectivity index (χ4n) is 2.16. The average Bonchev–Trinajstić information content (AvgIpc) is 2.83. The van der Waals surface area contributed by atoms with Crippen LogP contribution in [-0.2, 0) is 0 Å². The van der Waals surface area contributed by atoms with Crippen LogP contribution in [0.5, 0.6) is 0 Å². The largest absolute Gasteiger partial charge is 0.313 e. The summed E-state index contributed by atoms with van der Waals surface area (Å²) < 4.78 is 27.8. The second-order valence-corrected chi connectivity index (χ2v) is 4.53. The predicted molar refractivity (Wildman–Crippen MR) is 77.1 cm³/mol. The number of hydrogen-bond donors (Lipinski definition) is 0. The Morgan fingerprint density at radius 3 is 2.00 bits per heavy atom. The van der Waals surface area contributed by atoms with Gasteiger partial charge in [0.25, 0.3) is 0 Å². The zero-order valence-electron chi connectivity index (χ0n) is 10.8. The van der Waals surface area contributed by atoms with Crippen LogP contribution >= 0.6 is 0 Å². The summed E-state index contributed by atoms with van der Waals surface area (Å²) in [4.78, 5) is 4.36. The van der Waals surface area contributed by atoms with Crippen LogP contribution in [0.3, 0.4) is 0 Å². The van der Waals surface area contributed by atoms with Crippen molar-refractivity contribution in [3.63, 3.8) is 0 Å². The molecule has 0 atom stereocenters. The van der Waals surface area contributed by atoms with E-state index in [2.05, 4.69) is 4.98 Å². The highest BCUT2D eigenvalue weighted by molar-refractivity contribution is 6.34. The van der Waals surface area contributed by atoms with Gasteiger partial charge in [-0.25, -0.2) is 13.8 Å². The zero-order chi connectivity index (χ0) is 14.1. The van der Waals surface area contributed by atoms with E-state index in [1.807, 2.05) is 12.4 Å². The molecular formula is C15H11BF2N2. The molecule has 0 bridgehead atoms. The summed E-state index contributed by atoms with van der Waals surface area (Å²) in [5.41, 5.74) is 3.40. The van der Waals surface area contributed by atoms with Crippen LogP contribution < -0.4 is 5.59 Å². The van der Waals surface area contributed by atoms with Gasteiger partial charge >= 0.3 is 0 Å². The fraction of sp³-hybridized carbons (Fsp3) is 0. The van der Waals surface area contributed by atoms with E-state index in [9.17, 15) is 8.78 Å². The minimum absolute atomic E-state index is 0.273. The maximum absolute atomic E-state index is 13.0. The van der Waals surface area contributed by atoms with Crippen molar-refractivity contribution in [1.29, 1.82) is 0 Å². The van der Waals surface area contributed by atoms with Crippen molar-refractivity contribution in [2.45, 2.75) is 0 Å². The first-order valence-electron chi connectivity index (χ1n) is 6.21. The molecule has 0 unspecified atom stereocenters. The minimum Gasteiger partial charge on any atom is -0.313 e. The molecule has 0 saturated heterocycles. The Bertz CT molecular complexity index is 671. The second kappa shape index (κ2) is 4.92. The molecule has 0 aliphatic rings. The molecule has 98 valence electrons. The summed E-state index contributed by atoms with van der Waals surface area (Å²) >= 11 is 0.